The number of amidine groups is 1. The molecule has 0 spiro atoms. The monoisotopic (exact) mass is 199 g/mol. The molecule has 0 amide bonds. The molecule has 0 saturated carbocycles. The number of fused-ring (bicyclic) bond motifs is 1. The van der Waals surface area contributed by atoms with Crippen molar-refractivity contribution < 1.29 is 0 Å². The van der Waals surface area contributed by atoms with E-state index in [1.54, 1.807) is 0 Å². The number of nitrogens with zero attached hydrogens (tertiary/aromatic N) is 1. The van der Waals surface area contributed by atoms with Crippen LogP contribution < -0.4 is 5.32 Å². The number of hydrogen-bond acceptors (Lipinski definition) is 2. The average Bonchev–Trinajstić information content (AvgIpc) is 2.87. The Balaban J connectivity index is 1.99. The Morgan fingerprint density at radius 1 is 1.27 bits per heavy atom. The zero-order valence-corrected chi connectivity index (χ0v) is 8.46. The fourth-order valence-electron chi connectivity index (χ4n) is 2.04. The summed E-state index contributed by atoms with van der Waals surface area (Å²) in [5, 5.41) is 4.57. The first-order chi connectivity index (χ1) is 7.43. The number of para-hydroxylation sites is 1. The highest BCUT2D eigenvalue weighted by atomic mass is 15.1. The normalized spacial score (nSPS) is 15.3. The van der Waals surface area contributed by atoms with Gasteiger partial charge in [-0.3, -0.25) is 4.99 Å². The van der Waals surface area contributed by atoms with Crippen molar-refractivity contribution in [3.8, 4) is 0 Å². The molecular weight excluding hydrogens is 186 g/mol. The van der Waals surface area contributed by atoms with Gasteiger partial charge in [0.2, 0.25) is 0 Å². The van der Waals surface area contributed by atoms with Crippen LogP contribution in [0.1, 0.15) is 5.56 Å². The second-order valence-electron chi connectivity index (χ2n) is 3.79. The Labute approximate surface area is 88.2 Å². The quantitative estimate of drug-likeness (QED) is 0.759. The molecule has 1 aromatic carbocycles. The summed E-state index contributed by atoms with van der Waals surface area (Å²) in [6.07, 6.45) is 2.88. The van der Waals surface area contributed by atoms with Crippen molar-refractivity contribution in [3.63, 3.8) is 0 Å². The molecule has 2 aromatic rings. The van der Waals surface area contributed by atoms with Crippen molar-refractivity contribution in [3.05, 3.63) is 36.0 Å². The lowest BCUT2D eigenvalue weighted by Crippen LogP contribution is -2.20. The topological polar surface area (TPSA) is 40.2 Å². The summed E-state index contributed by atoms with van der Waals surface area (Å²) >= 11 is 0. The van der Waals surface area contributed by atoms with E-state index in [9.17, 15) is 0 Å². The third-order valence-corrected chi connectivity index (χ3v) is 2.77. The zero-order valence-electron chi connectivity index (χ0n) is 8.46. The summed E-state index contributed by atoms with van der Waals surface area (Å²) in [6, 6.07) is 8.48. The third kappa shape index (κ3) is 1.50. The highest BCUT2D eigenvalue weighted by Gasteiger charge is 2.08. The van der Waals surface area contributed by atoms with Crippen LogP contribution in [0, 0.1) is 0 Å². The van der Waals surface area contributed by atoms with E-state index < -0.39 is 0 Å². The van der Waals surface area contributed by atoms with Crippen molar-refractivity contribution in [2.75, 3.05) is 13.1 Å². The second-order valence-corrected chi connectivity index (χ2v) is 3.79. The van der Waals surface area contributed by atoms with Crippen LogP contribution in [0.3, 0.4) is 0 Å². The Kier molecular flexibility index (Phi) is 1.95. The Morgan fingerprint density at radius 2 is 2.27 bits per heavy atom. The molecule has 0 aliphatic carbocycles. The summed E-state index contributed by atoms with van der Waals surface area (Å²) in [7, 11) is 0. The maximum Gasteiger partial charge on any atom is 0.101 e. The molecular formula is C12H13N3. The average molecular weight is 199 g/mol. The van der Waals surface area contributed by atoms with Gasteiger partial charge < -0.3 is 10.3 Å². The Hall–Kier alpha value is -1.77. The van der Waals surface area contributed by atoms with Crippen LogP contribution >= 0.6 is 0 Å². The molecule has 2 heterocycles. The van der Waals surface area contributed by atoms with Gasteiger partial charge in [0.25, 0.3) is 0 Å². The molecule has 3 heteroatoms. The molecule has 0 bridgehead atoms. The second kappa shape index (κ2) is 3.42. The molecule has 2 N–H and O–H groups in total. The van der Waals surface area contributed by atoms with Crippen molar-refractivity contribution in [2.24, 2.45) is 4.99 Å². The SMILES string of the molecule is c1cc(CC2=NCCN2)c2[nH]ccc2c1. The van der Waals surface area contributed by atoms with Gasteiger partial charge in [-0.05, 0) is 17.0 Å². The zero-order chi connectivity index (χ0) is 10.1. The van der Waals surface area contributed by atoms with E-state index in [1.165, 1.54) is 16.5 Å². The molecule has 3 rings (SSSR count). The molecule has 0 radical (unpaired) electrons. The molecule has 1 aliphatic rings. The highest BCUT2D eigenvalue weighted by molar-refractivity contribution is 5.91. The van der Waals surface area contributed by atoms with Crippen LogP contribution in [0.4, 0.5) is 0 Å². The minimum absolute atomic E-state index is 0.901. The lowest BCUT2D eigenvalue weighted by molar-refractivity contribution is 0.953. The summed E-state index contributed by atoms with van der Waals surface area (Å²) in [6.45, 7) is 1.89. The standard InChI is InChI=1S/C12H13N3/c1-2-9-4-5-15-12(9)10(3-1)8-11-13-6-7-14-11/h1-5,15H,6-8H2,(H,13,14). The highest BCUT2D eigenvalue weighted by Crippen LogP contribution is 2.17. The number of aliphatic imine (C=N–C) groups is 1. The summed E-state index contributed by atoms with van der Waals surface area (Å²) in [5.74, 6) is 1.11. The first kappa shape index (κ1) is 8.53. The van der Waals surface area contributed by atoms with E-state index in [0.29, 0.717) is 0 Å². The van der Waals surface area contributed by atoms with Crippen LogP contribution in [-0.4, -0.2) is 23.9 Å². The van der Waals surface area contributed by atoms with Gasteiger partial charge in [-0.15, -0.1) is 0 Å². The van der Waals surface area contributed by atoms with Crippen molar-refractivity contribution in [2.45, 2.75) is 6.42 Å². The lowest BCUT2D eigenvalue weighted by Gasteiger charge is -2.04. The molecule has 1 aliphatic heterocycles. The van der Waals surface area contributed by atoms with Crippen LogP contribution in [0.15, 0.2) is 35.5 Å². The fourth-order valence-corrected chi connectivity index (χ4v) is 2.04. The minimum atomic E-state index is 0.901. The number of aromatic nitrogens is 1. The van der Waals surface area contributed by atoms with E-state index in [0.717, 1.165) is 25.3 Å². The first-order valence-electron chi connectivity index (χ1n) is 5.26. The van der Waals surface area contributed by atoms with Crippen LogP contribution in [0.2, 0.25) is 0 Å². The van der Waals surface area contributed by atoms with Crippen LogP contribution in [0.5, 0.6) is 0 Å². The van der Waals surface area contributed by atoms with E-state index in [2.05, 4.69) is 39.6 Å². The first-order valence-corrected chi connectivity index (χ1v) is 5.26. The van der Waals surface area contributed by atoms with Crippen LogP contribution in [-0.2, 0) is 6.42 Å². The van der Waals surface area contributed by atoms with E-state index in [1.807, 2.05) is 6.20 Å². The Bertz CT molecular complexity index is 510. The molecule has 0 fully saturated rings. The number of rotatable bonds is 2. The number of H-pyrrole nitrogens is 1. The molecule has 3 nitrogen and oxygen atoms in total. The van der Waals surface area contributed by atoms with Gasteiger partial charge in [-0.25, -0.2) is 0 Å². The number of nitrogens with one attached hydrogen (secondary N) is 2. The van der Waals surface area contributed by atoms with Gasteiger partial charge in [-0.1, -0.05) is 18.2 Å². The van der Waals surface area contributed by atoms with E-state index >= 15 is 0 Å². The van der Waals surface area contributed by atoms with Crippen molar-refractivity contribution >= 4 is 16.7 Å². The Morgan fingerprint density at radius 3 is 3.13 bits per heavy atom. The van der Waals surface area contributed by atoms with Gasteiger partial charge >= 0.3 is 0 Å². The molecule has 0 saturated heterocycles. The number of benzene rings is 1. The third-order valence-electron chi connectivity index (χ3n) is 2.77. The summed E-state index contributed by atoms with van der Waals surface area (Å²) in [5.41, 5.74) is 2.54. The molecule has 76 valence electrons. The molecule has 15 heavy (non-hydrogen) atoms. The van der Waals surface area contributed by atoms with Gasteiger partial charge in [0.05, 0.1) is 6.54 Å². The van der Waals surface area contributed by atoms with E-state index in [4.69, 9.17) is 0 Å². The predicted molar refractivity (Wildman–Crippen MR) is 62.3 cm³/mol. The summed E-state index contributed by atoms with van der Waals surface area (Å²) in [4.78, 5) is 7.69. The van der Waals surface area contributed by atoms with Crippen molar-refractivity contribution in [1.82, 2.24) is 10.3 Å². The van der Waals surface area contributed by atoms with Gasteiger partial charge in [-0.2, -0.15) is 0 Å². The maximum atomic E-state index is 4.41. The minimum Gasteiger partial charge on any atom is -0.372 e. The number of hydrogen-bond donors (Lipinski definition) is 2. The molecule has 0 unspecified atom stereocenters. The largest absolute Gasteiger partial charge is 0.372 e. The van der Waals surface area contributed by atoms with E-state index in [-0.39, 0.29) is 0 Å². The maximum absolute atomic E-state index is 4.41. The van der Waals surface area contributed by atoms with Crippen molar-refractivity contribution in [1.29, 1.82) is 0 Å². The van der Waals surface area contributed by atoms with Crippen LogP contribution in [0.25, 0.3) is 10.9 Å². The molecule has 0 atom stereocenters. The number of aromatic amines is 1. The smallest absolute Gasteiger partial charge is 0.101 e. The predicted octanol–water partition coefficient (Wildman–Crippen LogP) is 1.71. The lowest BCUT2D eigenvalue weighted by atomic mass is 10.1. The van der Waals surface area contributed by atoms with Gasteiger partial charge in [0.15, 0.2) is 0 Å². The fraction of sp³-hybridized carbons (Fsp3) is 0.250. The van der Waals surface area contributed by atoms with Gasteiger partial charge in [0.1, 0.15) is 5.84 Å². The summed E-state index contributed by atoms with van der Waals surface area (Å²) < 4.78 is 0. The molecule has 1 aromatic heterocycles. The van der Waals surface area contributed by atoms with Gasteiger partial charge in [0, 0.05) is 24.7 Å².